The Kier molecular flexibility index (Phi) is 6.15. The summed E-state index contributed by atoms with van der Waals surface area (Å²) in [5.41, 5.74) is 0.220. The molecule has 3 amide bonds. The first-order valence-electron chi connectivity index (χ1n) is 6.01. The van der Waals surface area contributed by atoms with Crippen LogP contribution in [-0.4, -0.2) is 36.5 Å². The Morgan fingerprint density at radius 1 is 1.45 bits per heavy atom. The fraction of sp³-hybridized carbons (Fsp3) is 0.308. The summed E-state index contributed by atoms with van der Waals surface area (Å²) in [6.45, 7) is 1.78. The molecule has 0 heterocycles. The molecule has 0 spiro atoms. The normalized spacial score (nSPS) is 9.70. The average molecular weight is 282 g/mol. The largest absolute Gasteiger partial charge is 0.466 e. The Morgan fingerprint density at radius 2 is 2.20 bits per heavy atom. The Hall–Kier alpha value is -2.44. The molecule has 0 atom stereocenters. The van der Waals surface area contributed by atoms with Crippen molar-refractivity contribution in [2.45, 2.75) is 13.3 Å². The van der Waals surface area contributed by atoms with Crippen LogP contribution in [0.2, 0.25) is 0 Å². The van der Waals surface area contributed by atoms with E-state index < -0.39 is 17.8 Å². The van der Waals surface area contributed by atoms with E-state index in [-0.39, 0.29) is 25.3 Å². The van der Waals surface area contributed by atoms with E-state index >= 15 is 0 Å². The maximum absolute atomic E-state index is 12.9. The molecule has 0 aliphatic heterocycles. The topological polar surface area (TPSA) is 75.7 Å². The zero-order valence-electron chi connectivity index (χ0n) is 11.0. The Labute approximate surface area is 115 Å². The van der Waals surface area contributed by atoms with Crippen LogP contribution in [0, 0.1) is 5.82 Å². The molecule has 20 heavy (non-hydrogen) atoms. The predicted octanol–water partition coefficient (Wildman–Crippen LogP) is 1.77. The van der Waals surface area contributed by atoms with Gasteiger partial charge in [0.1, 0.15) is 5.82 Å². The SMILES string of the molecule is CCOC(=O)CCN(C=O)C(=O)Nc1cccc(F)c1. The van der Waals surface area contributed by atoms with Crippen molar-refractivity contribution in [1.29, 1.82) is 0 Å². The molecule has 0 aliphatic rings. The van der Waals surface area contributed by atoms with Gasteiger partial charge in [-0.25, -0.2) is 9.18 Å². The Morgan fingerprint density at radius 3 is 2.80 bits per heavy atom. The highest BCUT2D eigenvalue weighted by Crippen LogP contribution is 2.09. The van der Waals surface area contributed by atoms with Crippen molar-refractivity contribution in [2.24, 2.45) is 0 Å². The maximum atomic E-state index is 12.9. The Balaban J connectivity index is 2.54. The van der Waals surface area contributed by atoms with Crippen molar-refractivity contribution in [3.63, 3.8) is 0 Å². The molecule has 108 valence electrons. The minimum Gasteiger partial charge on any atom is -0.466 e. The lowest BCUT2D eigenvalue weighted by Gasteiger charge is -2.15. The molecule has 1 aromatic rings. The number of imide groups is 1. The number of ether oxygens (including phenoxy) is 1. The van der Waals surface area contributed by atoms with Gasteiger partial charge in [-0.3, -0.25) is 14.5 Å². The zero-order chi connectivity index (χ0) is 15.0. The van der Waals surface area contributed by atoms with E-state index in [9.17, 15) is 18.8 Å². The van der Waals surface area contributed by atoms with Crippen LogP contribution in [0.5, 0.6) is 0 Å². The second kappa shape index (κ2) is 7.88. The number of amides is 3. The summed E-state index contributed by atoms with van der Waals surface area (Å²) in [4.78, 5) is 34.5. The summed E-state index contributed by atoms with van der Waals surface area (Å²) in [7, 11) is 0. The number of nitrogens with one attached hydrogen (secondary N) is 1. The van der Waals surface area contributed by atoms with Crippen molar-refractivity contribution >= 4 is 24.1 Å². The van der Waals surface area contributed by atoms with Gasteiger partial charge in [0.2, 0.25) is 6.41 Å². The van der Waals surface area contributed by atoms with Gasteiger partial charge in [-0.15, -0.1) is 0 Å². The lowest BCUT2D eigenvalue weighted by molar-refractivity contribution is -0.143. The number of benzene rings is 1. The lowest BCUT2D eigenvalue weighted by Crippen LogP contribution is -2.35. The van der Waals surface area contributed by atoms with Crippen LogP contribution in [-0.2, 0) is 14.3 Å². The number of hydrogen-bond acceptors (Lipinski definition) is 4. The van der Waals surface area contributed by atoms with Crippen LogP contribution in [0.4, 0.5) is 14.9 Å². The number of anilines is 1. The number of nitrogens with zero attached hydrogens (tertiary/aromatic N) is 1. The number of urea groups is 1. The second-order valence-electron chi connectivity index (χ2n) is 3.79. The molecule has 0 unspecified atom stereocenters. The van der Waals surface area contributed by atoms with Crippen molar-refractivity contribution in [2.75, 3.05) is 18.5 Å². The van der Waals surface area contributed by atoms with Gasteiger partial charge in [-0.1, -0.05) is 6.07 Å². The molecule has 1 rings (SSSR count). The summed E-state index contributed by atoms with van der Waals surface area (Å²) in [6, 6.07) is 4.51. The van der Waals surface area contributed by atoms with Gasteiger partial charge in [0.15, 0.2) is 0 Å². The number of hydrogen-bond donors (Lipinski definition) is 1. The second-order valence-corrected chi connectivity index (χ2v) is 3.79. The predicted molar refractivity (Wildman–Crippen MR) is 69.4 cm³/mol. The third-order valence-corrected chi connectivity index (χ3v) is 2.33. The standard InChI is InChI=1S/C13H15FN2O4/c1-2-20-12(18)6-7-16(9-17)13(19)15-11-5-3-4-10(14)8-11/h3-5,8-9H,2,6-7H2,1H3,(H,15,19). The molecule has 0 aliphatic carbocycles. The zero-order valence-corrected chi connectivity index (χ0v) is 11.0. The summed E-state index contributed by atoms with van der Waals surface area (Å²) in [5, 5.41) is 2.35. The summed E-state index contributed by atoms with van der Waals surface area (Å²) < 4.78 is 17.6. The first-order valence-corrected chi connectivity index (χ1v) is 6.01. The van der Waals surface area contributed by atoms with Crippen molar-refractivity contribution in [1.82, 2.24) is 4.90 Å². The van der Waals surface area contributed by atoms with Gasteiger partial charge in [-0.2, -0.15) is 0 Å². The third-order valence-electron chi connectivity index (χ3n) is 2.33. The molecule has 0 fully saturated rings. The van der Waals surface area contributed by atoms with E-state index in [1.807, 2.05) is 0 Å². The molecule has 0 saturated heterocycles. The summed E-state index contributed by atoms with van der Waals surface area (Å²) in [6.07, 6.45) is 0.205. The van der Waals surface area contributed by atoms with Gasteiger partial charge in [-0.05, 0) is 25.1 Å². The molecule has 0 saturated carbocycles. The van der Waals surface area contributed by atoms with Gasteiger partial charge in [0.05, 0.1) is 13.0 Å². The van der Waals surface area contributed by atoms with Crippen LogP contribution < -0.4 is 5.32 Å². The monoisotopic (exact) mass is 282 g/mol. The summed E-state index contributed by atoms with van der Waals surface area (Å²) >= 11 is 0. The quantitative estimate of drug-likeness (QED) is 0.637. The van der Waals surface area contributed by atoms with Gasteiger partial charge < -0.3 is 10.1 Å². The number of esters is 1. The molecule has 1 N–H and O–H groups in total. The van der Waals surface area contributed by atoms with Crippen molar-refractivity contribution in [3.05, 3.63) is 30.1 Å². The highest BCUT2D eigenvalue weighted by atomic mass is 19.1. The van der Waals surface area contributed by atoms with Crippen LogP contribution in [0.15, 0.2) is 24.3 Å². The number of carbonyl (C=O) groups is 3. The molecule has 0 aromatic heterocycles. The minimum atomic E-state index is -0.741. The smallest absolute Gasteiger partial charge is 0.328 e. The number of rotatable bonds is 6. The molecular formula is C13H15FN2O4. The first-order chi connectivity index (χ1) is 9.56. The molecular weight excluding hydrogens is 267 g/mol. The molecule has 0 bridgehead atoms. The van der Waals surface area contributed by atoms with E-state index in [4.69, 9.17) is 0 Å². The first kappa shape index (κ1) is 15.6. The maximum Gasteiger partial charge on any atom is 0.328 e. The third kappa shape index (κ3) is 5.05. The highest BCUT2D eigenvalue weighted by Gasteiger charge is 2.15. The van der Waals surface area contributed by atoms with E-state index in [1.165, 1.54) is 18.2 Å². The van der Waals surface area contributed by atoms with E-state index in [0.717, 1.165) is 11.0 Å². The van der Waals surface area contributed by atoms with Crippen molar-refractivity contribution in [3.8, 4) is 0 Å². The average Bonchev–Trinajstić information content (AvgIpc) is 2.39. The fourth-order valence-corrected chi connectivity index (χ4v) is 1.41. The highest BCUT2D eigenvalue weighted by molar-refractivity contribution is 5.95. The van der Waals surface area contributed by atoms with E-state index in [1.54, 1.807) is 6.92 Å². The van der Waals surface area contributed by atoms with Crippen molar-refractivity contribution < 1.29 is 23.5 Å². The van der Waals surface area contributed by atoms with Crippen LogP contribution in [0.25, 0.3) is 0 Å². The van der Waals surface area contributed by atoms with Crippen LogP contribution in [0.3, 0.4) is 0 Å². The lowest BCUT2D eigenvalue weighted by atomic mass is 10.3. The molecule has 0 radical (unpaired) electrons. The Bertz CT molecular complexity index is 493. The van der Waals surface area contributed by atoms with Crippen LogP contribution in [0.1, 0.15) is 13.3 Å². The molecule has 1 aromatic carbocycles. The number of halogens is 1. The fourth-order valence-electron chi connectivity index (χ4n) is 1.41. The van der Waals surface area contributed by atoms with Gasteiger partial charge >= 0.3 is 12.0 Å². The minimum absolute atomic E-state index is 0.0941. The number of carbonyl (C=O) groups excluding carboxylic acids is 3. The van der Waals surface area contributed by atoms with Gasteiger partial charge in [0.25, 0.3) is 0 Å². The van der Waals surface area contributed by atoms with E-state index in [0.29, 0.717) is 6.41 Å². The summed E-state index contributed by atoms with van der Waals surface area (Å²) in [5.74, 6) is -1.01. The van der Waals surface area contributed by atoms with E-state index in [2.05, 4.69) is 10.1 Å². The molecule has 7 heteroatoms. The van der Waals surface area contributed by atoms with Crippen LogP contribution >= 0.6 is 0 Å². The molecule has 6 nitrogen and oxygen atoms in total. The van der Waals surface area contributed by atoms with Gasteiger partial charge in [0, 0.05) is 12.2 Å².